The minimum atomic E-state index is -1.35. The molecule has 30 heavy (non-hydrogen) atoms. The van der Waals surface area contributed by atoms with Crippen LogP contribution in [-0.2, 0) is 19.2 Å². The van der Waals surface area contributed by atoms with Crippen molar-refractivity contribution in [3.8, 4) is 0 Å². The molecule has 6 nitrogen and oxygen atoms in total. The van der Waals surface area contributed by atoms with Crippen molar-refractivity contribution in [2.24, 2.45) is 22.4 Å². The Bertz CT molecular complexity index is 1020. The number of halogens is 2. The summed E-state index contributed by atoms with van der Waals surface area (Å²) in [4.78, 5) is 31.9. The maximum Gasteiger partial charge on any atom is 0.354 e. The zero-order chi connectivity index (χ0) is 21.5. The van der Waals surface area contributed by atoms with Gasteiger partial charge in [0, 0.05) is 20.9 Å². The summed E-state index contributed by atoms with van der Waals surface area (Å²) in [7, 11) is 0. The van der Waals surface area contributed by atoms with Crippen LogP contribution in [0.25, 0.3) is 0 Å². The van der Waals surface area contributed by atoms with Gasteiger partial charge in [0.05, 0.1) is 11.6 Å². The molecule has 1 saturated heterocycles. The molecule has 6 atom stereocenters. The molecule has 0 aromatic heterocycles. The van der Waals surface area contributed by atoms with E-state index in [1.807, 2.05) is 25.1 Å². The van der Waals surface area contributed by atoms with Gasteiger partial charge < -0.3 is 14.7 Å². The van der Waals surface area contributed by atoms with Gasteiger partial charge in [0.1, 0.15) is 17.1 Å². The quantitative estimate of drug-likeness (QED) is 0.548. The number of aliphatic hydroxyl groups is 1. The monoisotopic (exact) mass is 537 g/mol. The predicted octanol–water partition coefficient (Wildman–Crippen LogP) is 3.92. The number of allylic oxidation sites excluding steroid dienone is 1. The van der Waals surface area contributed by atoms with Crippen molar-refractivity contribution in [2.75, 3.05) is 0 Å². The van der Waals surface area contributed by atoms with E-state index >= 15 is 0 Å². The largest absolute Gasteiger partial charge is 0.458 e. The average molecular weight is 539 g/mol. The van der Waals surface area contributed by atoms with Gasteiger partial charge in [-0.05, 0) is 56.0 Å². The average Bonchev–Trinajstić information content (AvgIpc) is 3.30. The van der Waals surface area contributed by atoms with Crippen LogP contribution in [0.15, 0.2) is 44.5 Å². The van der Waals surface area contributed by atoms with E-state index in [1.54, 1.807) is 13.0 Å². The number of ketones is 1. The minimum absolute atomic E-state index is 0.158. The number of carbonyl (C=O) groups excluding carboxylic acids is 2. The summed E-state index contributed by atoms with van der Waals surface area (Å²) in [5.41, 5.74) is -2.37. The van der Waals surface area contributed by atoms with Gasteiger partial charge in [0.2, 0.25) is 5.60 Å². The standard InChI is InChI=1S/C22H21Br2NO5/c1-11-3-4-15-18(20(2)17(26)5-6-22(11,20)28)29-19(27)21(15)10-16(25-30-21)12-7-13(23)9-14(24)8-12/h5-9,11,15,18,28H,3-4,10H2,1-2H3/t11-,15?,18?,20-,21?,22+/m0/s1. The predicted molar refractivity (Wildman–Crippen MR) is 116 cm³/mol. The zero-order valence-electron chi connectivity index (χ0n) is 16.5. The second-order valence-electron chi connectivity index (χ2n) is 8.99. The molecule has 2 aliphatic heterocycles. The van der Waals surface area contributed by atoms with E-state index in [-0.39, 0.29) is 24.0 Å². The first kappa shape index (κ1) is 20.4. The lowest BCUT2D eigenvalue weighted by molar-refractivity contribution is -0.169. The van der Waals surface area contributed by atoms with Gasteiger partial charge in [-0.25, -0.2) is 4.79 Å². The summed E-state index contributed by atoms with van der Waals surface area (Å²) in [5, 5.41) is 15.7. The Balaban J connectivity index is 1.54. The van der Waals surface area contributed by atoms with Gasteiger partial charge in [-0.1, -0.05) is 43.9 Å². The smallest absolute Gasteiger partial charge is 0.354 e. The fourth-order valence-electron chi connectivity index (χ4n) is 5.67. The van der Waals surface area contributed by atoms with Gasteiger partial charge in [0.15, 0.2) is 5.78 Å². The van der Waals surface area contributed by atoms with E-state index < -0.39 is 28.7 Å². The Morgan fingerprint density at radius 2 is 1.87 bits per heavy atom. The molecule has 3 unspecified atom stereocenters. The number of fused-ring (bicyclic) bond motifs is 4. The number of nitrogens with zero attached hydrogens (tertiary/aromatic N) is 1. The third-order valence-corrected chi connectivity index (χ3v) is 8.47. The zero-order valence-corrected chi connectivity index (χ0v) is 19.7. The lowest BCUT2D eigenvalue weighted by Gasteiger charge is -2.43. The highest BCUT2D eigenvalue weighted by atomic mass is 79.9. The van der Waals surface area contributed by atoms with Gasteiger partial charge in [-0.3, -0.25) is 4.79 Å². The number of esters is 1. The van der Waals surface area contributed by atoms with Crippen molar-refractivity contribution in [1.29, 1.82) is 0 Å². The van der Waals surface area contributed by atoms with E-state index in [9.17, 15) is 14.7 Å². The normalized spacial score (nSPS) is 41.9. The van der Waals surface area contributed by atoms with Crippen LogP contribution in [0.5, 0.6) is 0 Å². The Morgan fingerprint density at radius 3 is 2.57 bits per heavy atom. The number of rotatable bonds is 1. The Kier molecular flexibility index (Phi) is 4.42. The molecule has 1 spiro atoms. The maximum absolute atomic E-state index is 13.2. The molecule has 8 heteroatoms. The molecular weight excluding hydrogens is 518 g/mol. The molecule has 0 radical (unpaired) electrons. The van der Waals surface area contributed by atoms with Crippen LogP contribution in [-0.4, -0.2) is 39.9 Å². The van der Waals surface area contributed by atoms with Crippen molar-refractivity contribution >= 4 is 49.3 Å². The van der Waals surface area contributed by atoms with Crippen LogP contribution >= 0.6 is 31.9 Å². The second-order valence-corrected chi connectivity index (χ2v) is 10.8. The number of ether oxygens (including phenoxy) is 1. The Morgan fingerprint density at radius 1 is 1.17 bits per heavy atom. The third kappa shape index (κ3) is 2.47. The van der Waals surface area contributed by atoms with Crippen LogP contribution < -0.4 is 0 Å². The summed E-state index contributed by atoms with van der Waals surface area (Å²) in [6.45, 7) is 3.65. The lowest BCUT2D eigenvalue weighted by Crippen LogP contribution is -2.57. The molecule has 5 rings (SSSR count). The van der Waals surface area contributed by atoms with Crippen LogP contribution in [0.1, 0.15) is 38.7 Å². The Hall–Kier alpha value is -1.51. The maximum atomic E-state index is 13.2. The summed E-state index contributed by atoms with van der Waals surface area (Å²) < 4.78 is 7.60. The minimum Gasteiger partial charge on any atom is -0.458 e. The van der Waals surface area contributed by atoms with Crippen molar-refractivity contribution in [1.82, 2.24) is 0 Å². The molecule has 0 bridgehead atoms. The van der Waals surface area contributed by atoms with Crippen molar-refractivity contribution in [3.63, 3.8) is 0 Å². The highest BCUT2D eigenvalue weighted by molar-refractivity contribution is 9.11. The number of hydrogen-bond acceptors (Lipinski definition) is 6. The molecular formula is C22H21Br2NO5. The molecule has 158 valence electrons. The summed E-state index contributed by atoms with van der Waals surface area (Å²) in [6.07, 6.45) is 3.74. The third-order valence-electron chi connectivity index (χ3n) is 7.55. The molecule has 1 saturated carbocycles. The van der Waals surface area contributed by atoms with Crippen LogP contribution in [0, 0.1) is 17.3 Å². The summed E-state index contributed by atoms with van der Waals surface area (Å²) in [6, 6.07) is 5.76. The molecule has 2 fully saturated rings. The first-order valence-corrected chi connectivity index (χ1v) is 11.6. The van der Waals surface area contributed by atoms with E-state index in [2.05, 4.69) is 37.0 Å². The highest BCUT2D eigenvalue weighted by Crippen LogP contribution is 2.59. The van der Waals surface area contributed by atoms with Gasteiger partial charge in [-0.15, -0.1) is 0 Å². The summed E-state index contributed by atoms with van der Waals surface area (Å²) >= 11 is 6.96. The number of oxime groups is 1. The fourth-order valence-corrected chi connectivity index (χ4v) is 6.96. The molecule has 4 aliphatic rings. The Labute approximate surface area is 190 Å². The molecule has 1 aromatic rings. The van der Waals surface area contributed by atoms with Crippen LogP contribution in [0.4, 0.5) is 0 Å². The SMILES string of the molecule is C[C@H]1CCC2C(OC(=O)C23CC(c2cc(Br)cc(Br)c2)=NO3)[C@]2(C)C(=O)C=C[C@@]12O. The molecule has 1 aromatic carbocycles. The van der Waals surface area contributed by atoms with Crippen LogP contribution in [0.2, 0.25) is 0 Å². The second kappa shape index (κ2) is 6.50. The van der Waals surface area contributed by atoms with Crippen molar-refractivity contribution in [3.05, 3.63) is 44.9 Å². The number of carbonyl (C=O) groups is 2. The molecule has 2 aliphatic carbocycles. The summed E-state index contributed by atoms with van der Waals surface area (Å²) in [5.74, 6) is -1.27. The van der Waals surface area contributed by atoms with E-state index in [1.165, 1.54) is 6.08 Å². The van der Waals surface area contributed by atoms with Crippen molar-refractivity contribution < 1.29 is 24.3 Å². The molecule has 2 heterocycles. The molecule has 0 amide bonds. The van der Waals surface area contributed by atoms with Gasteiger partial charge in [0.25, 0.3) is 0 Å². The lowest BCUT2D eigenvalue weighted by atomic mass is 9.63. The van der Waals surface area contributed by atoms with E-state index in [0.29, 0.717) is 18.6 Å². The fraction of sp³-hybridized carbons (Fsp3) is 0.500. The van der Waals surface area contributed by atoms with Gasteiger partial charge >= 0.3 is 5.97 Å². The van der Waals surface area contributed by atoms with Crippen LogP contribution in [0.3, 0.4) is 0 Å². The van der Waals surface area contributed by atoms with E-state index in [0.717, 1.165) is 14.5 Å². The topological polar surface area (TPSA) is 85.2 Å². The first-order valence-electron chi connectivity index (χ1n) is 10.0. The van der Waals surface area contributed by atoms with Gasteiger partial charge in [-0.2, -0.15) is 0 Å². The number of hydrogen-bond donors (Lipinski definition) is 1. The first-order chi connectivity index (χ1) is 14.1. The highest BCUT2D eigenvalue weighted by Gasteiger charge is 2.73. The number of benzene rings is 1. The molecule has 1 N–H and O–H groups in total. The van der Waals surface area contributed by atoms with E-state index in [4.69, 9.17) is 9.57 Å². The van der Waals surface area contributed by atoms with Crippen molar-refractivity contribution in [2.45, 2.75) is 50.4 Å².